The van der Waals surface area contributed by atoms with Gasteiger partial charge in [-0.2, -0.15) is 0 Å². The third-order valence-corrected chi connectivity index (χ3v) is 5.64. The van der Waals surface area contributed by atoms with Crippen molar-refractivity contribution in [3.63, 3.8) is 0 Å². The van der Waals surface area contributed by atoms with Gasteiger partial charge in [0.2, 0.25) is 5.91 Å². The van der Waals surface area contributed by atoms with Crippen LogP contribution in [0.1, 0.15) is 25.7 Å². The molecule has 2 aromatic rings. The summed E-state index contributed by atoms with van der Waals surface area (Å²) in [5, 5.41) is 12.1. The maximum atomic E-state index is 12.3. The van der Waals surface area contributed by atoms with E-state index in [4.69, 9.17) is 9.47 Å². The molecule has 1 N–H and O–H groups in total. The molecule has 1 amide bonds. The van der Waals surface area contributed by atoms with E-state index < -0.39 is 5.60 Å². The fraction of sp³-hybridized carbons (Fsp3) is 0.600. The van der Waals surface area contributed by atoms with Crippen LogP contribution in [0.2, 0.25) is 0 Å². The molecular formula is C20H27N3O4. The SMILES string of the molecule is O=C(COCC1CCCO1)N1CCC(O)(Cn2ccc3ccncc32)CC1. The van der Waals surface area contributed by atoms with Crippen LogP contribution in [-0.2, 0) is 20.8 Å². The first-order valence-corrected chi connectivity index (χ1v) is 9.71. The first-order valence-electron chi connectivity index (χ1n) is 9.71. The molecule has 2 aromatic heterocycles. The summed E-state index contributed by atoms with van der Waals surface area (Å²) in [4.78, 5) is 18.3. The van der Waals surface area contributed by atoms with Gasteiger partial charge < -0.3 is 24.0 Å². The predicted octanol–water partition coefficient (Wildman–Crippen LogP) is 1.59. The first kappa shape index (κ1) is 18.4. The number of hydrogen-bond acceptors (Lipinski definition) is 5. The van der Waals surface area contributed by atoms with Crippen LogP contribution in [0.25, 0.3) is 10.9 Å². The largest absolute Gasteiger partial charge is 0.388 e. The number of aromatic nitrogens is 2. The Morgan fingerprint density at radius 2 is 2.22 bits per heavy atom. The minimum Gasteiger partial charge on any atom is -0.388 e. The van der Waals surface area contributed by atoms with Crippen LogP contribution in [0.3, 0.4) is 0 Å². The van der Waals surface area contributed by atoms with E-state index in [2.05, 4.69) is 4.98 Å². The van der Waals surface area contributed by atoms with Gasteiger partial charge in [-0.25, -0.2) is 0 Å². The van der Waals surface area contributed by atoms with E-state index in [1.807, 2.05) is 29.1 Å². The number of nitrogens with zero attached hydrogens (tertiary/aromatic N) is 3. The monoisotopic (exact) mass is 373 g/mol. The molecule has 1 atom stereocenters. The van der Waals surface area contributed by atoms with E-state index in [0.29, 0.717) is 39.1 Å². The third-order valence-electron chi connectivity index (χ3n) is 5.64. The van der Waals surface area contributed by atoms with Gasteiger partial charge in [-0.15, -0.1) is 0 Å². The summed E-state index contributed by atoms with van der Waals surface area (Å²) in [5.74, 6) is -0.00865. The number of carbonyl (C=O) groups is 1. The number of fused-ring (bicyclic) bond motifs is 1. The highest BCUT2D eigenvalue weighted by Gasteiger charge is 2.34. The molecule has 2 fully saturated rings. The van der Waals surface area contributed by atoms with Crippen molar-refractivity contribution in [1.82, 2.24) is 14.5 Å². The number of piperidine rings is 1. The minimum atomic E-state index is -0.808. The number of hydrogen-bond donors (Lipinski definition) is 1. The second-order valence-corrected chi connectivity index (χ2v) is 7.63. The topological polar surface area (TPSA) is 76.8 Å². The molecule has 0 bridgehead atoms. The lowest BCUT2D eigenvalue weighted by Gasteiger charge is -2.38. The van der Waals surface area contributed by atoms with Crippen LogP contribution >= 0.6 is 0 Å². The number of aliphatic hydroxyl groups is 1. The number of rotatable bonds is 6. The van der Waals surface area contributed by atoms with Crippen LogP contribution in [0.15, 0.2) is 30.7 Å². The van der Waals surface area contributed by atoms with Crippen molar-refractivity contribution >= 4 is 16.8 Å². The van der Waals surface area contributed by atoms with E-state index in [9.17, 15) is 9.90 Å². The number of likely N-dealkylation sites (tertiary alicyclic amines) is 1. The van der Waals surface area contributed by atoms with E-state index in [1.165, 1.54) is 0 Å². The molecule has 4 heterocycles. The molecule has 1 unspecified atom stereocenters. The molecule has 0 saturated carbocycles. The zero-order valence-corrected chi connectivity index (χ0v) is 15.5. The van der Waals surface area contributed by atoms with Gasteiger partial charge in [0.25, 0.3) is 0 Å². The van der Waals surface area contributed by atoms with Crippen LogP contribution in [0, 0.1) is 0 Å². The van der Waals surface area contributed by atoms with Gasteiger partial charge >= 0.3 is 0 Å². The molecule has 146 valence electrons. The molecule has 4 rings (SSSR count). The molecular weight excluding hydrogens is 346 g/mol. The Kier molecular flexibility index (Phi) is 5.43. The Bertz CT molecular complexity index is 776. The molecule has 7 nitrogen and oxygen atoms in total. The van der Waals surface area contributed by atoms with Gasteiger partial charge in [0, 0.05) is 37.5 Å². The van der Waals surface area contributed by atoms with E-state index >= 15 is 0 Å². The normalized spacial score (nSPS) is 22.4. The van der Waals surface area contributed by atoms with Crippen molar-refractivity contribution in [2.45, 2.75) is 43.9 Å². The summed E-state index contributed by atoms with van der Waals surface area (Å²) in [5.41, 5.74) is 0.212. The van der Waals surface area contributed by atoms with Gasteiger partial charge in [-0.1, -0.05) is 0 Å². The minimum absolute atomic E-state index is 0.00865. The summed E-state index contributed by atoms with van der Waals surface area (Å²) in [6.45, 7) is 2.98. The van der Waals surface area contributed by atoms with Crippen LogP contribution < -0.4 is 0 Å². The van der Waals surface area contributed by atoms with E-state index in [-0.39, 0.29) is 18.6 Å². The van der Waals surface area contributed by atoms with Crippen molar-refractivity contribution in [2.75, 3.05) is 32.9 Å². The Labute approximate surface area is 158 Å². The molecule has 0 aliphatic carbocycles. The van der Waals surface area contributed by atoms with Crippen molar-refractivity contribution in [3.05, 3.63) is 30.7 Å². The molecule has 7 heteroatoms. The molecule has 27 heavy (non-hydrogen) atoms. The van der Waals surface area contributed by atoms with E-state index in [0.717, 1.165) is 30.4 Å². The Morgan fingerprint density at radius 3 is 3.00 bits per heavy atom. The number of carbonyl (C=O) groups excluding carboxylic acids is 1. The number of ether oxygens (including phenoxy) is 2. The molecule has 2 aliphatic rings. The lowest BCUT2D eigenvalue weighted by atomic mass is 9.91. The summed E-state index contributed by atoms with van der Waals surface area (Å²) in [6.07, 6.45) is 8.91. The Balaban J connectivity index is 1.26. The maximum Gasteiger partial charge on any atom is 0.248 e. The lowest BCUT2D eigenvalue weighted by molar-refractivity contribution is -0.141. The summed E-state index contributed by atoms with van der Waals surface area (Å²) < 4.78 is 13.1. The number of pyridine rings is 1. The smallest absolute Gasteiger partial charge is 0.248 e. The second kappa shape index (κ2) is 7.96. The Morgan fingerprint density at radius 1 is 1.37 bits per heavy atom. The zero-order chi connectivity index (χ0) is 18.7. The molecule has 2 saturated heterocycles. The highest BCUT2D eigenvalue weighted by Crippen LogP contribution is 2.26. The summed E-state index contributed by atoms with van der Waals surface area (Å²) >= 11 is 0. The molecule has 2 aliphatic heterocycles. The Hall–Kier alpha value is -1.96. The van der Waals surface area contributed by atoms with E-state index in [1.54, 1.807) is 11.1 Å². The molecule has 0 spiro atoms. The van der Waals surface area contributed by atoms with Gasteiger partial charge in [-0.3, -0.25) is 9.78 Å². The summed E-state index contributed by atoms with van der Waals surface area (Å²) in [6, 6.07) is 4.00. The predicted molar refractivity (Wildman–Crippen MR) is 100 cm³/mol. The highest BCUT2D eigenvalue weighted by atomic mass is 16.5. The maximum absolute atomic E-state index is 12.3. The van der Waals surface area contributed by atoms with Crippen LogP contribution in [0.5, 0.6) is 0 Å². The van der Waals surface area contributed by atoms with Gasteiger partial charge in [0.05, 0.1) is 36.6 Å². The van der Waals surface area contributed by atoms with Crippen molar-refractivity contribution in [1.29, 1.82) is 0 Å². The zero-order valence-electron chi connectivity index (χ0n) is 15.5. The summed E-state index contributed by atoms with van der Waals surface area (Å²) in [7, 11) is 0. The van der Waals surface area contributed by atoms with Gasteiger partial charge in [0.15, 0.2) is 0 Å². The van der Waals surface area contributed by atoms with Crippen molar-refractivity contribution in [2.24, 2.45) is 0 Å². The standard InChI is InChI=1S/C20H27N3O4/c24-19(14-26-13-17-2-1-11-27-17)22-9-5-20(25,6-10-22)15-23-8-4-16-3-7-21-12-18(16)23/h3-4,7-8,12,17,25H,1-2,5-6,9-11,13-15H2. The second-order valence-electron chi connectivity index (χ2n) is 7.63. The van der Waals surface area contributed by atoms with Crippen LogP contribution in [-0.4, -0.2) is 70.1 Å². The number of amides is 1. The highest BCUT2D eigenvalue weighted by molar-refractivity contribution is 5.79. The lowest BCUT2D eigenvalue weighted by Crippen LogP contribution is -2.49. The fourth-order valence-corrected chi connectivity index (χ4v) is 3.96. The van der Waals surface area contributed by atoms with Crippen molar-refractivity contribution in [3.8, 4) is 0 Å². The first-order chi connectivity index (χ1) is 13.1. The fourth-order valence-electron chi connectivity index (χ4n) is 3.96. The quantitative estimate of drug-likeness (QED) is 0.832. The average Bonchev–Trinajstić information content (AvgIpc) is 3.33. The van der Waals surface area contributed by atoms with Crippen molar-refractivity contribution < 1.29 is 19.4 Å². The van der Waals surface area contributed by atoms with Gasteiger partial charge in [0.1, 0.15) is 6.61 Å². The molecule has 0 radical (unpaired) electrons. The third kappa shape index (κ3) is 4.31. The average molecular weight is 373 g/mol. The van der Waals surface area contributed by atoms with Crippen LogP contribution in [0.4, 0.5) is 0 Å². The van der Waals surface area contributed by atoms with Gasteiger partial charge in [-0.05, 0) is 37.8 Å². The molecule has 0 aromatic carbocycles.